The molecule has 6 rings (SSSR count). The summed E-state index contributed by atoms with van der Waals surface area (Å²) in [5, 5.41) is 2.60. The van der Waals surface area contributed by atoms with E-state index in [-0.39, 0.29) is 8.41 Å². The molecule has 0 saturated carbocycles. The first-order valence-electron chi connectivity index (χ1n) is 9.31. The van der Waals surface area contributed by atoms with Crippen LogP contribution in [0.5, 0.6) is 5.75 Å². The minimum absolute atomic E-state index is 0. The lowest BCUT2D eigenvalue weighted by Crippen LogP contribution is -2.43. The molecule has 4 heterocycles. The Morgan fingerprint density at radius 1 is 1.04 bits per heavy atom. The van der Waals surface area contributed by atoms with E-state index in [1.54, 1.807) is 5.57 Å². The molecule has 2 bridgehead atoms. The first kappa shape index (κ1) is 17.2. The highest BCUT2D eigenvalue weighted by Crippen LogP contribution is 2.32. The van der Waals surface area contributed by atoms with Gasteiger partial charge >= 0.3 is 0 Å². The van der Waals surface area contributed by atoms with Crippen molar-refractivity contribution in [1.82, 2.24) is 9.47 Å². The van der Waals surface area contributed by atoms with Crippen LogP contribution in [-0.4, -0.2) is 44.1 Å². The Kier molecular flexibility index (Phi) is 4.54. The van der Waals surface area contributed by atoms with Crippen LogP contribution >= 0.6 is 0 Å². The molecule has 0 radical (unpaired) electrons. The minimum atomic E-state index is 0. The van der Waals surface area contributed by atoms with Crippen LogP contribution in [0.25, 0.3) is 21.8 Å². The van der Waals surface area contributed by atoms with Crippen LogP contribution in [0.4, 0.5) is 0 Å². The zero-order chi connectivity index (χ0) is 16.8. The number of hydrogen-bond donors (Lipinski definition) is 0. The number of fused-ring (bicyclic) bond motifs is 6. The largest absolute Gasteiger partial charge is 0.489 e. The van der Waals surface area contributed by atoms with Crippen molar-refractivity contribution >= 4 is 30.2 Å². The summed E-state index contributed by atoms with van der Waals surface area (Å²) in [5.74, 6) is 1.76. The number of benzene rings is 2. The summed E-state index contributed by atoms with van der Waals surface area (Å²) >= 11 is 0. The average molecular weight is 346 g/mol. The van der Waals surface area contributed by atoms with Crippen molar-refractivity contribution in [3.8, 4) is 5.75 Å². The van der Waals surface area contributed by atoms with Gasteiger partial charge in [0.15, 0.2) is 0 Å². The summed E-state index contributed by atoms with van der Waals surface area (Å²) in [6.45, 7) is 4.38. The van der Waals surface area contributed by atoms with Crippen LogP contribution in [0.15, 0.2) is 54.1 Å². The van der Waals surface area contributed by atoms with E-state index in [2.05, 4.69) is 65.1 Å². The fraction of sp³-hybridized carbons (Fsp3) is 0.364. The zero-order valence-corrected chi connectivity index (χ0v) is 14.7. The molecule has 0 atom stereocenters. The number of piperidine rings is 3. The lowest BCUT2D eigenvalue weighted by molar-refractivity contribution is 0.160. The van der Waals surface area contributed by atoms with E-state index in [9.17, 15) is 0 Å². The molecule has 0 unspecified atom stereocenters. The smallest absolute Gasteiger partial charge is 0.121 e. The molecule has 3 aromatic rings. The Hall–Kier alpha value is -2.20. The van der Waals surface area contributed by atoms with Crippen molar-refractivity contribution in [3.63, 3.8) is 0 Å². The second-order valence-corrected chi connectivity index (χ2v) is 7.40. The van der Waals surface area contributed by atoms with Gasteiger partial charge in [0, 0.05) is 35.9 Å². The zero-order valence-electron chi connectivity index (χ0n) is 14.7. The van der Waals surface area contributed by atoms with E-state index in [1.807, 2.05) is 0 Å². The fourth-order valence-corrected chi connectivity index (χ4v) is 4.56. The number of aromatic nitrogens is 1. The summed E-state index contributed by atoms with van der Waals surface area (Å²) in [4.78, 5) is 2.56. The van der Waals surface area contributed by atoms with E-state index >= 15 is 0 Å². The molecule has 3 aliphatic heterocycles. The number of nitrogens with zero attached hydrogens (tertiary/aromatic N) is 2. The Morgan fingerprint density at radius 2 is 1.81 bits per heavy atom. The first-order valence-corrected chi connectivity index (χ1v) is 9.31. The molecule has 134 valence electrons. The lowest BCUT2D eigenvalue weighted by atomic mass is 9.84. The summed E-state index contributed by atoms with van der Waals surface area (Å²) in [7, 11) is 2.13. The Balaban J connectivity index is 0.00000168. The molecule has 4 heteroatoms. The third kappa shape index (κ3) is 2.82. The predicted molar refractivity (Wildman–Crippen MR) is 113 cm³/mol. The molecule has 0 aliphatic carbocycles. The minimum Gasteiger partial charge on any atom is -0.489 e. The summed E-state index contributed by atoms with van der Waals surface area (Å²) < 4.78 is 8.32. The third-order valence-corrected chi connectivity index (χ3v) is 6.00. The highest BCUT2D eigenvalue weighted by Gasteiger charge is 2.28. The van der Waals surface area contributed by atoms with Gasteiger partial charge in [-0.15, -0.1) is 0 Å². The number of aryl methyl sites for hydroxylation is 1. The molecule has 3 saturated heterocycles. The van der Waals surface area contributed by atoms with Crippen LogP contribution in [-0.2, 0) is 7.05 Å². The summed E-state index contributed by atoms with van der Waals surface area (Å²) in [6, 6.07) is 15.0. The monoisotopic (exact) mass is 346 g/mol. The van der Waals surface area contributed by atoms with Crippen LogP contribution in [0.2, 0.25) is 0 Å². The molecule has 3 aliphatic rings. The van der Waals surface area contributed by atoms with Gasteiger partial charge < -0.3 is 9.30 Å². The van der Waals surface area contributed by atoms with Gasteiger partial charge in [-0.1, -0.05) is 23.8 Å². The molecule has 0 amide bonds. The summed E-state index contributed by atoms with van der Waals surface area (Å²) in [6.07, 6.45) is 4.98. The predicted octanol–water partition coefficient (Wildman–Crippen LogP) is 3.18. The molecule has 3 nitrogen and oxygen atoms in total. The third-order valence-electron chi connectivity index (χ3n) is 6.00. The number of ether oxygens (including phenoxy) is 1. The molecular formula is C22H27BN2O. The van der Waals surface area contributed by atoms with Crippen LogP contribution in [0.3, 0.4) is 0 Å². The Morgan fingerprint density at radius 3 is 2.58 bits per heavy atom. The maximum Gasteiger partial charge on any atom is 0.121 e. The van der Waals surface area contributed by atoms with Gasteiger partial charge in [-0.25, -0.2) is 0 Å². The highest BCUT2D eigenvalue weighted by molar-refractivity contribution is 6.08. The first-order chi connectivity index (χ1) is 12.3. The topological polar surface area (TPSA) is 17.4 Å². The van der Waals surface area contributed by atoms with Gasteiger partial charge in [-0.2, -0.15) is 0 Å². The molecule has 2 aromatic carbocycles. The van der Waals surface area contributed by atoms with Gasteiger partial charge in [0.05, 0.1) is 13.9 Å². The van der Waals surface area contributed by atoms with Gasteiger partial charge in [0.2, 0.25) is 0 Å². The van der Waals surface area contributed by atoms with Gasteiger partial charge in [0.1, 0.15) is 12.4 Å². The van der Waals surface area contributed by atoms with E-state index in [4.69, 9.17) is 4.74 Å². The second kappa shape index (κ2) is 6.84. The standard InChI is InChI=1S/C22H24N2O.BH3/c1-23-21-5-3-2-4-19(21)20-7-6-18(14-22(20)23)25-13-10-17-15-24-11-8-16(17)9-12-24;/h2-7,10,14,16H,8-9,11-13,15H2,1H3;1H3. The highest BCUT2D eigenvalue weighted by atomic mass is 16.5. The normalized spacial score (nSPS) is 23.5. The van der Waals surface area contributed by atoms with E-state index in [0.29, 0.717) is 6.61 Å². The summed E-state index contributed by atoms with van der Waals surface area (Å²) in [5.41, 5.74) is 4.08. The quantitative estimate of drug-likeness (QED) is 0.535. The fourth-order valence-electron chi connectivity index (χ4n) is 4.56. The van der Waals surface area contributed by atoms with Crippen LogP contribution in [0, 0.1) is 5.92 Å². The number of para-hydroxylation sites is 1. The maximum atomic E-state index is 6.07. The van der Waals surface area contributed by atoms with E-state index in [0.717, 1.165) is 18.2 Å². The van der Waals surface area contributed by atoms with Crippen molar-refractivity contribution in [2.24, 2.45) is 13.0 Å². The SMILES string of the molecule is B.Cn1c2ccccc2c2ccc(OCC=C3CN4CCC3CC4)cc21. The molecular weight excluding hydrogens is 319 g/mol. The van der Waals surface area contributed by atoms with Gasteiger partial charge in [-0.05, 0) is 56.1 Å². The second-order valence-electron chi connectivity index (χ2n) is 7.40. The van der Waals surface area contributed by atoms with E-state index in [1.165, 1.54) is 47.7 Å². The maximum absolute atomic E-state index is 6.07. The Labute approximate surface area is 156 Å². The van der Waals surface area contributed by atoms with Crippen molar-refractivity contribution in [2.45, 2.75) is 12.8 Å². The van der Waals surface area contributed by atoms with Gasteiger partial charge in [0.25, 0.3) is 0 Å². The molecule has 3 fully saturated rings. The van der Waals surface area contributed by atoms with Crippen molar-refractivity contribution in [1.29, 1.82) is 0 Å². The van der Waals surface area contributed by atoms with Gasteiger partial charge in [-0.3, -0.25) is 4.90 Å². The number of rotatable bonds is 3. The van der Waals surface area contributed by atoms with Crippen LogP contribution in [0.1, 0.15) is 12.8 Å². The van der Waals surface area contributed by atoms with Crippen molar-refractivity contribution in [3.05, 3.63) is 54.1 Å². The van der Waals surface area contributed by atoms with Crippen LogP contribution < -0.4 is 4.74 Å². The molecule has 26 heavy (non-hydrogen) atoms. The Bertz CT molecular complexity index is 967. The molecule has 0 spiro atoms. The number of hydrogen-bond acceptors (Lipinski definition) is 2. The van der Waals surface area contributed by atoms with Crippen molar-refractivity contribution in [2.75, 3.05) is 26.2 Å². The molecule has 1 aromatic heterocycles. The average Bonchev–Trinajstić information content (AvgIpc) is 2.95. The molecule has 0 N–H and O–H groups in total. The van der Waals surface area contributed by atoms with Crippen molar-refractivity contribution < 1.29 is 4.74 Å². The van der Waals surface area contributed by atoms with E-state index < -0.39 is 0 Å². The lowest BCUT2D eigenvalue weighted by Gasteiger charge is -2.41.